The lowest BCUT2D eigenvalue weighted by Gasteiger charge is -2.35. The molecule has 6 aromatic rings. The van der Waals surface area contributed by atoms with Crippen molar-refractivity contribution < 1.29 is 4.74 Å². The molecule has 0 atom stereocenters. The topological polar surface area (TPSA) is 9.23 Å². The Bertz CT molecular complexity index is 2130. The minimum absolute atomic E-state index is 0.231. The Hall–Kier alpha value is -4.92. The maximum Gasteiger partial charge on any atom is 0.126 e. The summed E-state index contributed by atoms with van der Waals surface area (Å²) in [4.78, 5) is 0. The molecule has 0 bridgehead atoms. The lowest BCUT2D eigenvalue weighted by molar-refractivity contribution is 0.367. The van der Waals surface area contributed by atoms with Crippen molar-refractivity contribution in [1.29, 1.82) is 0 Å². The molecule has 0 unspecified atom stereocenters. The average molecular weight is 711 g/mol. The Morgan fingerprint density at radius 1 is 0.585 bits per heavy atom. The molecular formula is C51H54OSi. The Morgan fingerprint density at radius 2 is 1.11 bits per heavy atom. The number of benzene rings is 6. The summed E-state index contributed by atoms with van der Waals surface area (Å²) in [5.41, 5.74) is 17.7. The van der Waals surface area contributed by atoms with Crippen LogP contribution in [0.15, 0.2) is 140 Å². The number of ether oxygens (including phenoxy) is 1. The largest absolute Gasteiger partial charge is 0.489 e. The van der Waals surface area contributed by atoms with Crippen LogP contribution in [0.4, 0.5) is 0 Å². The minimum Gasteiger partial charge on any atom is -0.489 e. The molecule has 1 aliphatic carbocycles. The highest BCUT2D eigenvalue weighted by molar-refractivity contribution is 6.92. The first-order valence-electron chi connectivity index (χ1n) is 19.7. The van der Waals surface area contributed by atoms with Crippen molar-refractivity contribution in [2.24, 2.45) is 0 Å². The van der Waals surface area contributed by atoms with E-state index >= 15 is 0 Å². The molecule has 0 heterocycles. The lowest BCUT2D eigenvalue weighted by Crippen LogP contribution is -2.48. The predicted octanol–water partition coefficient (Wildman–Crippen LogP) is 13.5. The third-order valence-corrected chi connectivity index (χ3v) is 15.2. The number of hydrogen-bond donors (Lipinski definition) is 0. The first kappa shape index (κ1) is 36.4. The normalized spacial score (nSPS) is 12.4. The van der Waals surface area contributed by atoms with Gasteiger partial charge in [-0.2, -0.15) is 0 Å². The van der Waals surface area contributed by atoms with Gasteiger partial charge in [0.25, 0.3) is 0 Å². The van der Waals surface area contributed by atoms with Crippen LogP contribution in [0.2, 0.25) is 13.1 Å². The zero-order valence-corrected chi connectivity index (χ0v) is 33.3. The van der Waals surface area contributed by atoms with Gasteiger partial charge in [0.1, 0.15) is 12.4 Å². The van der Waals surface area contributed by atoms with Crippen molar-refractivity contribution in [3.05, 3.63) is 168 Å². The fourth-order valence-electron chi connectivity index (χ4n) is 8.69. The van der Waals surface area contributed by atoms with E-state index in [-0.39, 0.29) is 5.54 Å². The quantitative estimate of drug-likeness (QED) is 0.0808. The van der Waals surface area contributed by atoms with Crippen LogP contribution in [0, 0.1) is 6.92 Å². The van der Waals surface area contributed by atoms with E-state index in [4.69, 9.17) is 4.74 Å². The maximum atomic E-state index is 6.76. The van der Waals surface area contributed by atoms with Crippen LogP contribution in [-0.2, 0) is 12.8 Å². The Kier molecular flexibility index (Phi) is 11.0. The monoisotopic (exact) mass is 710 g/mol. The molecule has 1 nitrogen and oxygen atoms in total. The molecule has 0 saturated carbocycles. The summed E-state index contributed by atoms with van der Waals surface area (Å²) >= 11 is 0. The van der Waals surface area contributed by atoms with Gasteiger partial charge in [0.15, 0.2) is 0 Å². The molecule has 53 heavy (non-hydrogen) atoms. The molecule has 2 heteroatoms. The van der Waals surface area contributed by atoms with Crippen LogP contribution < -0.4 is 9.92 Å². The van der Waals surface area contributed by atoms with Crippen molar-refractivity contribution >= 4 is 13.3 Å². The smallest absolute Gasteiger partial charge is 0.126 e. The standard InChI is InChI=1S/C51H54OSi/c1-7-10-19-37-23-15-17-25-42(37)40-27-29-44-45-30-28-41(43-26-18-16-24-38(43)20-11-8-2)35-48(45)51(47(44)34-40)53(5,6)49-33-36(4)32-46(50(49)52-31-9-3)39-21-13-12-14-22-39/h9,12-18,21-30,32-35,51H,3,7-8,10-11,19-20,31H2,1-2,4-6H3. The molecule has 0 aliphatic heterocycles. The van der Waals surface area contributed by atoms with E-state index < -0.39 is 8.07 Å². The van der Waals surface area contributed by atoms with Gasteiger partial charge in [0.05, 0.1) is 8.07 Å². The second kappa shape index (κ2) is 16.0. The summed E-state index contributed by atoms with van der Waals surface area (Å²) < 4.78 is 6.76. The van der Waals surface area contributed by atoms with Gasteiger partial charge in [-0.1, -0.05) is 179 Å². The van der Waals surface area contributed by atoms with E-state index in [9.17, 15) is 0 Å². The molecule has 0 N–H and O–H groups in total. The van der Waals surface area contributed by atoms with E-state index in [2.05, 4.69) is 168 Å². The van der Waals surface area contributed by atoms with Crippen molar-refractivity contribution in [3.8, 4) is 50.3 Å². The summed E-state index contributed by atoms with van der Waals surface area (Å²) in [5, 5.41) is 1.37. The molecule has 6 aromatic carbocycles. The second-order valence-electron chi connectivity index (χ2n) is 15.4. The summed E-state index contributed by atoms with van der Waals surface area (Å²) in [5.74, 6) is 1.01. The fraction of sp³-hybridized carbons (Fsp3) is 0.255. The van der Waals surface area contributed by atoms with Gasteiger partial charge in [-0.25, -0.2) is 0 Å². The number of hydrogen-bond acceptors (Lipinski definition) is 1. The number of aryl methyl sites for hydroxylation is 3. The Morgan fingerprint density at radius 3 is 1.64 bits per heavy atom. The van der Waals surface area contributed by atoms with Crippen LogP contribution in [0.3, 0.4) is 0 Å². The number of fused-ring (bicyclic) bond motifs is 3. The van der Waals surface area contributed by atoms with Gasteiger partial charge in [-0.15, -0.1) is 0 Å². The fourth-order valence-corrected chi connectivity index (χ4v) is 12.4. The van der Waals surface area contributed by atoms with Crippen molar-refractivity contribution in [2.45, 2.75) is 77.9 Å². The minimum atomic E-state index is -2.42. The highest BCUT2D eigenvalue weighted by Gasteiger charge is 2.44. The first-order valence-corrected chi connectivity index (χ1v) is 22.8. The van der Waals surface area contributed by atoms with E-state index in [0.717, 1.165) is 18.6 Å². The molecule has 0 spiro atoms. The third kappa shape index (κ3) is 7.22. The zero-order chi connectivity index (χ0) is 37.0. The van der Waals surface area contributed by atoms with Crippen molar-refractivity contribution in [3.63, 3.8) is 0 Å². The van der Waals surface area contributed by atoms with Gasteiger partial charge in [-0.05, 0) is 105 Å². The maximum absolute atomic E-state index is 6.76. The van der Waals surface area contributed by atoms with Gasteiger partial charge < -0.3 is 4.74 Å². The summed E-state index contributed by atoms with van der Waals surface area (Å²) in [6.07, 6.45) is 8.85. The second-order valence-corrected chi connectivity index (χ2v) is 20.0. The molecule has 0 radical (unpaired) electrons. The number of rotatable bonds is 14. The van der Waals surface area contributed by atoms with Crippen LogP contribution in [0.1, 0.15) is 72.9 Å². The lowest BCUT2D eigenvalue weighted by atomic mass is 9.93. The Balaban J connectivity index is 1.46. The van der Waals surface area contributed by atoms with Gasteiger partial charge in [0.2, 0.25) is 0 Å². The molecule has 1 aliphatic rings. The van der Waals surface area contributed by atoms with E-state index in [1.54, 1.807) is 0 Å². The summed E-state index contributed by atoms with van der Waals surface area (Å²) in [7, 11) is -2.42. The van der Waals surface area contributed by atoms with Crippen LogP contribution in [0.25, 0.3) is 44.5 Å². The molecule has 268 valence electrons. The van der Waals surface area contributed by atoms with Crippen LogP contribution >= 0.6 is 0 Å². The van der Waals surface area contributed by atoms with Crippen molar-refractivity contribution in [2.75, 3.05) is 6.61 Å². The van der Waals surface area contributed by atoms with Crippen LogP contribution in [-0.4, -0.2) is 14.7 Å². The molecule has 7 rings (SSSR count). The molecule has 0 aromatic heterocycles. The van der Waals surface area contributed by atoms with Gasteiger partial charge >= 0.3 is 0 Å². The van der Waals surface area contributed by atoms with E-state index in [1.165, 1.54) is 103 Å². The third-order valence-electron chi connectivity index (χ3n) is 11.4. The van der Waals surface area contributed by atoms with E-state index in [1.807, 2.05) is 6.08 Å². The van der Waals surface area contributed by atoms with Crippen molar-refractivity contribution in [1.82, 2.24) is 0 Å². The van der Waals surface area contributed by atoms with Gasteiger partial charge in [-0.3, -0.25) is 0 Å². The molecule has 0 fully saturated rings. The SMILES string of the molecule is C=CCOc1c(-c2ccccc2)cc(C)cc1[Si](C)(C)C1c2cc(-c3ccccc3CCCC)ccc2-c2ccc(-c3ccccc3CCCC)cc21. The Labute approximate surface area is 319 Å². The molecular weight excluding hydrogens is 657 g/mol. The van der Waals surface area contributed by atoms with Crippen LogP contribution in [0.5, 0.6) is 5.75 Å². The highest BCUT2D eigenvalue weighted by atomic mass is 28.3. The summed E-state index contributed by atoms with van der Waals surface area (Å²) in [6.45, 7) is 16.5. The average Bonchev–Trinajstić information content (AvgIpc) is 3.52. The molecule has 0 saturated heterocycles. The molecule has 0 amide bonds. The predicted molar refractivity (Wildman–Crippen MR) is 231 cm³/mol. The summed E-state index contributed by atoms with van der Waals surface area (Å²) in [6, 6.07) is 48.3. The highest BCUT2D eigenvalue weighted by Crippen LogP contribution is 2.52. The van der Waals surface area contributed by atoms with Gasteiger partial charge in [0, 0.05) is 11.1 Å². The number of unbranched alkanes of at least 4 members (excludes halogenated alkanes) is 2. The van der Waals surface area contributed by atoms with E-state index in [0.29, 0.717) is 6.61 Å². The first-order chi connectivity index (χ1) is 25.8. The zero-order valence-electron chi connectivity index (χ0n) is 32.3.